The van der Waals surface area contributed by atoms with Crippen molar-refractivity contribution in [1.82, 2.24) is 0 Å². The van der Waals surface area contributed by atoms with E-state index in [1.165, 1.54) is 0 Å². The second kappa shape index (κ2) is 4.83. The molecule has 108 valence electrons. The molecule has 0 amide bonds. The minimum absolute atomic E-state index is 0.233. The summed E-state index contributed by atoms with van der Waals surface area (Å²) in [6.07, 6.45) is 1.26. The number of hydrogen-bond donors (Lipinski definition) is 3. The highest BCUT2D eigenvalue weighted by molar-refractivity contribution is 7.80. The Morgan fingerprint density at radius 2 is 2.00 bits per heavy atom. The smallest absolute Gasteiger partial charge is 0.281 e. The first-order valence-corrected chi connectivity index (χ1v) is 7.14. The lowest BCUT2D eigenvalue weighted by atomic mass is 9.88. The van der Waals surface area contributed by atoms with Gasteiger partial charge in [0.15, 0.2) is 0 Å². The van der Waals surface area contributed by atoms with E-state index in [-0.39, 0.29) is 5.56 Å². The average Bonchev–Trinajstić information content (AvgIpc) is 2.61. The fraction of sp³-hybridized carbons (Fsp3) is 0.467. The molecule has 2 aliphatic rings. The van der Waals surface area contributed by atoms with Gasteiger partial charge in [-0.3, -0.25) is 0 Å². The molecule has 0 fully saturated rings. The van der Waals surface area contributed by atoms with Crippen molar-refractivity contribution in [3.8, 4) is 0 Å². The van der Waals surface area contributed by atoms with Gasteiger partial charge in [0.1, 0.15) is 6.10 Å². The van der Waals surface area contributed by atoms with Crippen molar-refractivity contribution in [2.24, 2.45) is 0 Å². The molecule has 0 saturated heterocycles. The molecular weight excluding hydrogens is 282 g/mol. The zero-order valence-electron chi connectivity index (χ0n) is 10.8. The highest BCUT2D eigenvalue weighted by Gasteiger charge is 2.48. The standard InChI is InChI=1S/C15H16F2O2S/c16-15(17)7-11-10(8-2-1-3-9(18)6-8)4-5-12(20)13(11)14(15)19/h4-6,9,14,18-20H,1-3,7H2. The second-order valence-electron chi connectivity index (χ2n) is 5.52. The van der Waals surface area contributed by atoms with Crippen LogP contribution in [0.15, 0.2) is 23.1 Å². The number of alkyl halides is 2. The van der Waals surface area contributed by atoms with E-state index in [0.29, 0.717) is 22.4 Å². The molecule has 5 heteroatoms. The summed E-state index contributed by atoms with van der Waals surface area (Å²) < 4.78 is 27.6. The van der Waals surface area contributed by atoms with Gasteiger partial charge in [-0.15, -0.1) is 12.6 Å². The van der Waals surface area contributed by atoms with Crippen LogP contribution in [-0.4, -0.2) is 22.2 Å². The summed E-state index contributed by atoms with van der Waals surface area (Å²) in [5.74, 6) is -3.15. The van der Waals surface area contributed by atoms with Crippen molar-refractivity contribution in [2.45, 2.75) is 48.7 Å². The largest absolute Gasteiger partial charge is 0.389 e. The van der Waals surface area contributed by atoms with Crippen molar-refractivity contribution < 1.29 is 19.0 Å². The predicted octanol–water partition coefficient (Wildman–Crippen LogP) is 3.13. The van der Waals surface area contributed by atoms with Gasteiger partial charge < -0.3 is 10.2 Å². The van der Waals surface area contributed by atoms with Crippen molar-refractivity contribution >= 4 is 18.2 Å². The quantitative estimate of drug-likeness (QED) is 0.697. The maximum atomic E-state index is 13.8. The fourth-order valence-electron chi connectivity index (χ4n) is 3.12. The van der Waals surface area contributed by atoms with Crippen LogP contribution in [-0.2, 0) is 6.42 Å². The summed E-state index contributed by atoms with van der Waals surface area (Å²) in [5.41, 5.74) is 2.30. The van der Waals surface area contributed by atoms with E-state index >= 15 is 0 Å². The lowest BCUT2D eigenvalue weighted by molar-refractivity contribution is -0.0975. The molecule has 0 radical (unpaired) electrons. The minimum Gasteiger partial charge on any atom is -0.389 e. The Bertz CT molecular complexity index is 583. The van der Waals surface area contributed by atoms with Crippen molar-refractivity contribution in [3.05, 3.63) is 34.9 Å². The molecule has 0 saturated carbocycles. The van der Waals surface area contributed by atoms with E-state index < -0.39 is 24.6 Å². The van der Waals surface area contributed by atoms with E-state index in [4.69, 9.17) is 0 Å². The van der Waals surface area contributed by atoms with Gasteiger partial charge in [0, 0.05) is 16.9 Å². The molecule has 1 aromatic carbocycles. The summed E-state index contributed by atoms with van der Waals surface area (Å²) in [7, 11) is 0. The van der Waals surface area contributed by atoms with Gasteiger partial charge >= 0.3 is 0 Å². The molecule has 0 bridgehead atoms. The Kier molecular flexibility index (Phi) is 3.39. The Hall–Kier alpha value is -0.910. The van der Waals surface area contributed by atoms with Crippen molar-refractivity contribution in [3.63, 3.8) is 0 Å². The zero-order valence-corrected chi connectivity index (χ0v) is 11.7. The lowest BCUT2D eigenvalue weighted by Gasteiger charge is -2.20. The third kappa shape index (κ3) is 2.18. The van der Waals surface area contributed by atoms with Gasteiger partial charge in [-0.1, -0.05) is 12.1 Å². The summed E-state index contributed by atoms with van der Waals surface area (Å²) in [6, 6.07) is 3.41. The molecule has 3 rings (SSSR count). The number of aliphatic hydroxyl groups excluding tert-OH is 2. The summed E-state index contributed by atoms with van der Waals surface area (Å²) in [5, 5.41) is 19.5. The van der Waals surface area contributed by atoms with Crippen LogP contribution in [0.25, 0.3) is 5.57 Å². The Morgan fingerprint density at radius 1 is 1.25 bits per heavy atom. The Balaban J connectivity index is 2.13. The number of fused-ring (bicyclic) bond motifs is 1. The van der Waals surface area contributed by atoms with E-state index in [1.54, 1.807) is 18.2 Å². The van der Waals surface area contributed by atoms with Gasteiger partial charge in [0.25, 0.3) is 5.92 Å². The maximum Gasteiger partial charge on any atom is 0.281 e. The molecule has 2 atom stereocenters. The van der Waals surface area contributed by atoms with E-state index in [2.05, 4.69) is 12.6 Å². The van der Waals surface area contributed by atoms with Crippen LogP contribution >= 0.6 is 12.6 Å². The first kappa shape index (κ1) is 14.0. The van der Waals surface area contributed by atoms with Crippen LogP contribution in [0.5, 0.6) is 0 Å². The number of rotatable bonds is 1. The Morgan fingerprint density at radius 3 is 2.70 bits per heavy atom. The summed E-state index contributed by atoms with van der Waals surface area (Å²) >= 11 is 4.19. The molecule has 0 spiro atoms. The molecule has 1 aromatic rings. The monoisotopic (exact) mass is 298 g/mol. The van der Waals surface area contributed by atoms with Crippen LogP contribution in [0.4, 0.5) is 8.78 Å². The number of hydrogen-bond acceptors (Lipinski definition) is 3. The maximum absolute atomic E-state index is 13.8. The third-order valence-corrected chi connectivity index (χ3v) is 4.50. The lowest BCUT2D eigenvalue weighted by Crippen LogP contribution is -2.21. The molecule has 2 nitrogen and oxygen atoms in total. The van der Waals surface area contributed by atoms with E-state index in [1.807, 2.05) is 0 Å². The van der Waals surface area contributed by atoms with E-state index in [9.17, 15) is 19.0 Å². The zero-order chi connectivity index (χ0) is 14.5. The molecule has 0 aliphatic heterocycles. The van der Waals surface area contributed by atoms with Crippen LogP contribution < -0.4 is 0 Å². The first-order valence-electron chi connectivity index (χ1n) is 6.70. The summed E-state index contributed by atoms with van der Waals surface area (Å²) in [6.45, 7) is 0. The van der Waals surface area contributed by atoms with Crippen LogP contribution in [0.1, 0.15) is 42.1 Å². The van der Waals surface area contributed by atoms with Crippen molar-refractivity contribution in [2.75, 3.05) is 0 Å². The van der Waals surface area contributed by atoms with Gasteiger partial charge in [0.05, 0.1) is 6.10 Å². The fourth-order valence-corrected chi connectivity index (χ4v) is 3.45. The van der Waals surface area contributed by atoms with E-state index in [0.717, 1.165) is 18.4 Å². The molecule has 20 heavy (non-hydrogen) atoms. The molecular formula is C15H16F2O2S. The molecule has 2 N–H and O–H groups in total. The minimum atomic E-state index is -3.15. The SMILES string of the molecule is OC1C=C(c2ccc(S)c3c2CC(F)(F)C3O)CCC1. The third-order valence-electron chi connectivity index (χ3n) is 4.11. The molecule has 0 aromatic heterocycles. The Labute approximate surface area is 121 Å². The highest BCUT2D eigenvalue weighted by Crippen LogP contribution is 2.48. The normalized spacial score (nSPS) is 28.1. The van der Waals surface area contributed by atoms with Crippen LogP contribution in [0.2, 0.25) is 0 Å². The number of halogens is 2. The predicted molar refractivity (Wildman–Crippen MR) is 75.1 cm³/mol. The molecule has 2 aliphatic carbocycles. The number of benzene rings is 1. The summed E-state index contributed by atoms with van der Waals surface area (Å²) in [4.78, 5) is 0.394. The second-order valence-corrected chi connectivity index (χ2v) is 6.00. The first-order chi connectivity index (χ1) is 9.40. The molecule has 2 unspecified atom stereocenters. The van der Waals surface area contributed by atoms with Gasteiger partial charge in [-0.2, -0.15) is 0 Å². The number of thiol groups is 1. The van der Waals surface area contributed by atoms with Gasteiger partial charge in [-0.05, 0) is 42.0 Å². The topological polar surface area (TPSA) is 40.5 Å². The van der Waals surface area contributed by atoms with Crippen LogP contribution in [0.3, 0.4) is 0 Å². The van der Waals surface area contributed by atoms with Gasteiger partial charge in [0.2, 0.25) is 0 Å². The number of aliphatic hydroxyl groups is 2. The van der Waals surface area contributed by atoms with Crippen LogP contribution in [0, 0.1) is 0 Å². The van der Waals surface area contributed by atoms with Crippen molar-refractivity contribution in [1.29, 1.82) is 0 Å². The van der Waals surface area contributed by atoms with Gasteiger partial charge in [-0.25, -0.2) is 8.78 Å². The average molecular weight is 298 g/mol. The number of allylic oxidation sites excluding steroid dienone is 1. The molecule has 0 heterocycles. The highest BCUT2D eigenvalue weighted by atomic mass is 32.1.